The molecule has 4 rings (SSSR count). The quantitative estimate of drug-likeness (QED) is 0.464. The van der Waals surface area contributed by atoms with E-state index in [2.05, 4.69) is 38.5 Å². The monoisotopic (exact) mass is 513 g/mol. The number of carbonyl (C=O) groups excluding carboxylic acids is 1. The van der Waals surface area contributed by atoms with Gasteiger partial charge in [0.2, 0.25) is 11.9 Å². The number of anilines is 3. The van der Waals surface area contributed by atoms with Gasteiger partial charge in [0.15, 0.2) is 0 Å². The molecule has 1 aliphatic rings. The van der Waals surface area contributed by atoms with E-state index in [1.165, 1.54) is 0 Å². The molecule has 1 fully saturated rings. The summed E-state index contributed by atoms with van der Waals surface area (Å²) in [7, 11) is 0. The topological polar surface area (TPSA) is 107 Å². The maximum Gasteiger partial charge on any atom is 0.229 e. The highest BCUT2D eigenvalue weighted by Crippen LogP contribution is 2.23. The summed E-state index contributed by atoms with van der Waals surface area (Å²) in [4.78, 5) is 28.1. The molecule has 1 amide bonds. The van der Waals surface area contributed by atoms with E-state index in [1.807, 2.05) is 30.3 Å². The van der Waals surface area contributed by atoms with Gasteiger partial charge in [-0.3, -0.25) is 9.78 Å². The molecule has 2 aromatic heterocycles. The van der Waals surface area contributed by atoms with E-state index in [9.17, 15) is 4.79 Å². The van der Waals surface area contributed by atoms with Crippen LogP contribution in [0.5, 0.6) is 0 Å². The summed E-state index contributed by atoms with van der Waals surface area (Å²) in [6, 6.07) is 15.3. The Kier molecular flexibility index (Phi) is 10.7. The maximum absolute atomic E-state index is 12.4. The largest absolute Gasteiger partial charge is 0.354 e. The van der Waals surface area contributed by atoms with Gasteiger partial charge in [0.1, 0.15) is 5.82 Å². The average molecular weight is 514 g/mol. The summed E-state index contributed by atoms with van der Waals surface area (Å²) in [5, 5.41) is 15.5. The van der Waals surface area contributed by atoms with Crippen LogP contribution in [0.4, 0.5) is 17.5 Å². The Morgan fingerprint density at radius 3 is 2.80 bits per heavy atom. The van der Waals surface area contributed by atoms with Gasteiger partial charge in [-0.05, 0) is 42.7 Å². The van der Waals surface area contributed by atoms with Crippen LogP contribution in [-0.2, 0) is 17.6 Å². The van der Waals surface area contributed by atoms with Crippen molar-refractivity contribution in [1.82, 2.24) is 20.3 Å². The lowest BCUT2D eigenvalue weighted by molar-refractivity contribution is -0.121. The van der Waals surface area contributed by atoms with E-state index in [1.54, 1.807) is 24.5 Å². The predicted octanol–water partition coefficient (Wildman–Crippen LogP) is 4.22. The molecule has 184 valence electrons. The molecule has 2 N–H and O–H groups in total. The van der Waals surface area contributed by atoms with Gasteiger partial charge >= 0.3 is 0 Å². The molecule has 1 atom stereocenters. The zero-order valence-corrected chi connectivity index (χ0v) is 21.1. The Morgan fingerprint density at radius 1 is 1.20 bits per heavy atom. The highest BCUT2D eigenvalue weighted by atomic mass is 35.5. The maximum atomic E-state index is 12.4. The van der Waals surface area contributed by atoms with Crippen molar-refractivity contribution in [3.63, 3.8) is 0 Å². The number of hydrogen-bond acceptors (Lipinski definition) is 7. The van der Waals surface area contributed by atoms with Crippen LogP contribution in [0, 0.1) is 11.3 Å². The zero-order chi connectivity index (χ0) is 23.0. The van der Waals surface area contributed by atoms with Gasteiger partial charge in [-0.1, -0.05) is 25.5 Å². The molecule has 35 heavy (non-hydrogen) atoms. The molecule has 0 saturated carbocycles. The van der Waals surface area contributed by atoms with Crippen LogP contribution in [0.2, 0.25) is 0 Å². The summed E-state index contributed by atoms with van der Waals surface area (Å²) in [6.45, 7) is 3.63. The van der Waals surface area contributed by atoms with Crippen molar-refractivity contribution in [3.8, 4) is 6.07 Å². The summed E-state index contributed by atoms with van der Waals surface area (Å²) in [6.07, 6.45) is 6.44. The standard InChI is InChI=1S/C25H27N7O.2ClH/c1-2-5-20-14-23(31-25(29-20)30-21-8-3-6-18(12-21)15-26)32-11-9-22(17-32)28-24(33)13-19-7-4-10-27-16-19;;/h3-4,6-8,10,12,14,16,22H,2,5,9,11,13,17H2,1H3,(H,28,33)(H,29,30,31);2*1H/t22-;;/m0../s1. The first-order valence-electron chi connectivity index (χ1n) is 11.2. The number of carbonyl (C=O) groups is 1. The number of hydrogen-bond donors (Lipinski definition) is 2. The van der Waals surface area contributed by atoms with Crippen LogP contribution in [0.1, 0.15) is 36.6 Å². The van der Waals surface area contributed by atoms with Gasteiger partial charge in [-0.15, -0.1) is 24.8 Å². The highest BCUT2D eigenvalue weighted by molar-refractivity contribution is 5.85. The lowest BCUT2D eigenvalue weighted by Crippen LogP contribution is -2.38. The second kappa shape index (κ2) is 13.5. The van der Waals surface area contributed by atoms with E-state index in [4.69, 9.17) is 10.2 Å². The molecule has 1 aliphatic heterocycles. The Labute approximate surface area is 218 Å². The molecule has 1 saturated heterocycles. The van der Waals surface area contributed by atoms with Crippen LogP contribution in [0.25, 0.3) is 0 Å². The minimum absolute atomic E-state index is 0. The third-order valence-corrected chi connectivity index (χ3v) is 5.48. The Hall–Kier alpha value is -3.41. The van der Waals surface area contributed by atoms with Crippen LogP contribution in [0.15, 0.2) is 54.9 Å². The van der Waals surface area contributed by atoms with Crippen LogP contribution in [0.3, 0.4) is 0 Å². The van der Waals surface area contributed by atoms with Gasteiger partial charge in [0, 0.05) is 49.0 Å². The number of rotatable bonds is 8. The molecule has 0 bridgehead atoms. The van der Waals surface area contributed by atoms with Crippen molar-refractivity contribution in [2.75, 3.05) is 23.3 Å². The Bertz CT molecular complexity index is 1150. The van der Waals surface area contributed by atoms with Crippen molar-refractivity contribution in [1.29, 1.82) is 5.26 Å². The van der Waals surface area contributed by atoms with Crippen molar-refractivity contribution in [2.45, 2.75) is 38.6 Å². The number of nitrogens with zero attached hydrogens (tertiary/aromatic N) is 5. The summed E-state index contributed by atoms with van der Waals surface area (Å²) in [5.74, 6) is 1.36. The van der Waals surface area contributed by atoms with Crippen LogP contribution >= 0.6 is 24.8 Å². The first kappa shape index (κ1) is 27.8. The second-order valence-corrected chi connectivity index (χ2v) is 8.15. The molecule has 8 nitrogen and oxygen atoms in total. The van der Waals surface area contributed by atoms with E-state index in [0.29, 0.717) is 24.5 Å². The molecule has 3 aromatic rings. The smallest absolute Gasteiger partial charge is 0.229 e. The van der Waals surface area contributed by atoms with Gasteiger partial charge in [-0.2, -0.15) is 10.2 Å². The zero-order valence-electron chi connectivity index (χ0n) is 19.5. The molecular formula is C25H29Cl2N7O. The number of amides is 1. The van der Waals surface area contributed by atoms with E-state index >= 15 is 0 Å². The summed E-state index contributed by atoms with van der Waals surface area (Å²) < 4.78 is 0. The minimum Gasteiger partial charge on any atom is -0.354 e. The molecule has 0 spiro atoms. The number of aryl methyl sites for hydroxylation is 1. The molecular weight excluding hydrogens is 485 g/mol. The van der Waals surface area contributed by atoms with E-state index in [-0.39, 0.29) is 36.8 Å². The minimum atomic E-state index is 0. The van der Waals surface area contributed by atoms with Gasteiger partial charge in [0.05, 0.1) is 18.1 Å². The second-order valence-electron chi connectivity index (χ2n) is 8.15. The Morgan fingerprint density at radius 2 is 2.06 bits per heavy atom. The number of pyridine rings is 1. The first-order valence-corrected chi connectivity index (χ1v) is 11.2. The molecule has 0 unspecified atom stereocenters. The molecule has 0 aliphatic carbocycles. The van der Waals surface area contributed by atoms with Gasteiger partial charge in [-0.25, -0.2) is 4.98 Å². The van der Waals surface area contributed by atoms with Crippen molar-refractivity contribution in [2.24, 2.45) is 0 Å². The third-order valence-electron chi connectivity index (χ3n) is 5.48. The van der Waals surface area contributed by atoms with Crippen LogP contribution in [-0.4, -0.2) is 40.0 Å². The first-order chi connectivity index (χ1) is 16.1. The predicted molar refractivity (Wildman–Crippen MR) is 142 cm³/mol. The SMILES string of the molecule is CCCc1cc(N2CC[C@H](NC(=O)Cc3cccnc3)C2)nc(Nc2cccc(C#N)c2)n1.Cl.Cl. The molecule has 0 radical (unpaired) electrons. The van der Waals surface area contributed by atoms with Crippen molar-refractivity contribution in [3.05, 3.63) is 71.7 Å². The van der Waals surface area contributed by atoms with E-state index < -0.39 is 0 Å². The fraction of sp³-hybridized carbons (Fsp3) is 0.320. The lowest BCUT2D eigenvalue weighted by atomic mass is 10.2. The van der Waals surface area contributed by atoms with E-state index in [0.717, 1.165) is 48.6 Å². The fourth-order valence-electron chi connectivity index (χ4n) is 3.93. The Balaban J connectivity index is 0.00000216. The lowest BCUT2D eigenvalue weighted by Gasteiger charge is -2.20. The van der Waals surface area contributed by atoms with Crippen molar-refractivity contribution >= 4 is 48.2 Å². The van der Waals surface area contributed by atoms with Gasteiger partial charge in [0.25, 0.3) is 0 Å². The van der Waals surface area contributed by atoms with Gasteiger partial charge < -0.3 is 15.5 Å². The number of aromatic nitrogens is 3. The average Bonchev–Trinajstić information content (AvgIpc) is 3.28. The number of nitrogens with one attached hydrogen (secondary N) is 2. The number of nitriles is 1. The number of halogens is 2. The number of benzene rings is 1. The fourth-order valence-corrected chi connectivity index (χ4v) is 3.93. The summed E-state index contributed by atoms with van der Waals surface area (Å²) >= 11 is 0. The molecule has 1 aromatic carbocycles. The normalized spacial score (nSPS) is 14.3. The highest BCUT2D eigenvalue weighted by Gasteiger charge is 2.25. The molecule has 10 heteroatoms. The van der Waals surface area contributed by atoms with Crippen LogP contribution < -0.4 is 15.5 Å². The summed E-state index contributed by atoms with van der Waals surface area (Å²) in [5.41, 5.74) is 3.22. The molecule has 3 heterocycles. The van der Waals surface area contributed by atoms with Crippen molar-refractivity contribution < 1.29 is 4.79 Å². The third kappa shape index (κ3) is 7.81.